The molecule has 2 N–H and O–H groups in total. The summed E-state index contributed by atoms with van der Waals surface area (Å²) in [6.45, 7) is 4.95. The predicted octanol–water partition coefficient (Wildman–Crippen LogP) is 2.48. The molecule has 2 amide bonds. The number of carboxylic acids is 1. The minimum Gasteiger partial charge on any atom is -0.481 e. The molecule has 1 aliphatic carbocycles. The number of halogens is 1. The molecule has 23 heavy (non-hydrogen) atoms. The smallest absolute Gasteiger partial charge is 0.307 e. The van der Waals surface area contributed by atoms with Crippen molar-refractivity contribution in [3.05, 3.63) is 28.8 Å². The third-order valence-corrected chi connectivity index (χ3v) is 4.27. The van der Waals surface area contributed by atoms with E-state index in [9.17, 15) is 14.4 Å². The zero-order chi connectivity index (χ0) is 17.1. The van der Waals surface area contributed by atoms with E-state index in [-0.39, 0.29) is 16.8 Å². The van der Waals surface area contributed by atoms with Crippen LogP contribution in [0.1, 0.15) is 30.6 Å². The summed E-state index contributed by atoms with van der Waals surface area (Å²) in [5.41, 5.74) is 0.829. The molecule has 1 aromatic carbocycles. The van der Waals surface area contributed by atoms with Crippen molar-refractivity contribution in [2.24, 2.45) is 11.8 Å². The van der Waals surface area contributed by atoms with Gasteiger partial charge in [-0.3, -0.25) is 14.4 Å². The Kier molecular flexibility index (Phi) is 5.26. The summed E-state index contributed by atoms with van der Waals surface area (Å²) in [6.07, 6.45) is 0.355. The molecule has 0 heterocycles. The summed E-state index contributed by atoms with van der Waals surface area (Å²) in [4.78, 5) is 36.6. The molecule has 0 radical (unpaired) electrons. The van der Waals surface area contributed by atoms with Gasteiger partial charge in [0.05, 0.1) is 22.4 Å². The molecular formula is C16H19ClN2O4. The molecule has 7 heteroatoms. The minimum atomic E-state index is -0.955. The Morgan fingerprint density at radius 2 is 1.91 bits per heavy atom. The number of carbonyl (C=O) groups excluding carboxylic acids is 2. The van der Waals surface area contributed by atoms with E-state index in [0.717, 1.165) is 0 Å². The topological polar surface area (TPSA) is 86.7 Å². The highest BCUT2D eigenvalue weighted by molar-refractivity contribution is 6.34. The average Bonchev–Trinajstić information content (AvgIpc) is 3.29. The van der Waals surface area contributed by atoms with Gasteiger partial charge in [-0.05, 0) is 38.5 Å². The van der Waals surface area contributed by atoms with Crippen molar-refractivity contribution < 1.29 is 19.5 Å². The molecule has 0 aliphatic heterocycles. The van der Waals surface area contributed by atoms with E-state index < -0.39 is 17.8 Å². The normalized spacial score (nSPS) is 19.1. The Bertz CT molecular complexity index is 643. The molecule has 1 saturated carbocycles. The molecule has 0 bridgehead atoms. The lowest BCUT2D eigenvalue weighted by atomic mass is 10.1. The second-order valence-electron chi connectivity index (χ2n) is 5.45. The Balaban J connectivity index is 2.06. The second-order valence-corrected chi connectivity index (χ2v) is 5.86. The Labute approximate surface area is 139 Å². The number of anilines is 1. The molecule has 0 saturated heterocycles. The highest BCUT2D eigenvalue weighted by Crippen LogP contribution is 2.39. The largest absolute Gasteiger partial charge is 0.481 e. The van der Waals surface area contributed by atoms with Crippen molar-refractivity contribution in [2.45, 2.75) is 20.3 Å². The first-order valence-electron chi connectivity index (χ1n) is 7.51. The van der Waals surface area contributed by atoms with E-state index in [2.05, 4.69) is 5.32 Å². The SMILES string of the molecule is CCN(CC)C(=O)c1ccc(NC(=O)C2CC2C(=O)O)cc1Cl. The summed E-state index contributed by atoms with van der Waals surface area (Å²) < 4.78 is 0. The van der Waals surface area contributed by atoms with E-state index in [4.69, 9.17) is 16.7 Å². The first-order valence-corrected chi connectivity index (χ1v) is 7.89. The molecule has 2 rings (SSSR count). The lowest BCUT2D eigenvalue weighted by molar-refractivity contribution is -0.139. The first kappa shape index (κ1) is 17.3. The summed E-state index contributed by atoms with van der Waals surface area (Å²) in [5.74, 6) is -2.55. The van der Waals surface area contributed by atoms with Crippen molar-refractivity contribution in [2.75, 3.05) is 18.4 Å². The van der Waals surface area contributed by atoms with E-state index in [1.54, 1.807) is 17.0 Å². The zero-order valence-electron chi connectivity index (χ0n) is 13.0. The van der Waals surface area contributed by atoms with Gasteiger partial charge in [0, 0.05) is 18.8 Å². The lowest BCUT2D eigenvalue weighted by Crippen LogP contribution is -2.30. The van der Waals surface area contributed by atoms with E-state index in [0.29, 0.717) is 30.8 Å². The quantitative estimate of drug-likeness (QED) is 0.834. The minimum absolute atomic E-state index is 0.161. The van der Waals surface area contributed by atoms with Crippen LogP contribution in [-0.4, -0.2) is 40.9 Å². The van der Waals surface area contributed by atoms with Crippen molar-refractivity contribution in [3.8, 4) is 0 Å². The van der Waals surface area contributed by atoms with Gasteiger partial charge in [-0.15, -0.1) is 0 Å². The number of nitrogens with zero attached hydrogens (tertiary/aromatic N) is 1. The Morgan fingerprint density at radius 3 is 2.39 bits per heavy atom. The van der Waals surface area contributed by atoms with Crippen LogP contribution < -0.4 is 5.32 Å². The van der Waals surface area contributed by atoms with Crippen LogP contribution >= 0.6 is 11.6 Å². The lowest BCUT2D eigenvalue weighted by Gasteiger charge is -2.19. The highest BCUT2D eigenvalue weighted by Gasteiger charge is 2.48. The molecule has 0 aromatic heterocycles. The molecule has 1 aliphatic rings. The Morgan fingerprint density at radius 1 is 1.26 bits per heavy atom. The molecule has 6 nitrogen and oxygen atoms in total. The first-order chi connectivity index (χ1) is 10.9. The number of amides is 2. The van der Waals surface area contributed by atoms with E-state index >= 15 is 0 Å². The van der Waals surface area contributed by atoms with Gasteiger partial charge in [-0.1, -0.05) is 11.6 Å². The van der Waals surface area contributed by atoms with Gasteiger partial charge in [0.1, 0.15) is 0 Å². The van der Waals surface area contributed by atoms with Crippen LogP contribution in [0.2, 0.25) is 5.02 Å². The Hall–Kier alpha value is -2.08. The third-order valence-electron chi connectivity index (χ3n) is 3.96. The van der Waals surface area contributed by atoms with Crippen molar-refractivity contribution >= 4 is 35.1 Å². The number of aliphatic carboxylic acids is 1. The number of rotatable bonds is 6. The fourth-order valence-electron chi connectivity index (χ4n) is 2.44. The number of hydrogen-bond donors (Lipinski definition) is 2. The maximum absolute atomic E-state index is 12.3. The average molecular weight is 339 g/mol. The third kappa shape index (κ3) is 3.82. The molecule has 2 unspecified atom stereocenters. The van der Waals surface area contributed by atoms with Crippen LogP contribution in [0, 0.1) is 11.8 Å². The van der Waals surface area contributed by atoms with Crippen LogP contribution in [0.3, 0.4) is 0 Å². The van der Waals surface area contributed by atoms with Crippen LogP contribution in [0.4, 0.5) is 5.69 Å². The van der Waals surface area contributed by atoms with Crippen molar-refractivity contribution in [1.82, 2.24) is 4.90 Å². The summed E-state index contributed by atoms with van der Waals surface area (Å²) in [6, 6.07) is 4.67. The van der Waals surface area contributed by atoms with Crippen LogP contribution in [-0.2, 0) is 9.59 Å². The summed E-state index contributed by atoms with van der Waals surface area (Å²) >= 11 is 6.15. The molecule has 1 fully saturated rings. The summed E-state index contributed by atoms with van der Waals surface area (Å²) in [7, 11) is 0. The van der Waals surface area contributed by atoms with Crippen molar-refractivity contribution in [1.29, 1.82) is 0 Å². The molecule has 124 valence electrons. The molecular weight excluding hydrogens is 320 g/mol. The van der Waals surface area contributed by atoms with Gasteiger partial charge in [0.25, 0.3) is 5.91 Å². The van der Waals surface area contributed by atoms with E-state index in [1.165, 1.54) is 6.07 Å². The molecule has 1 aromatic rings. The zero-order valence-corrected chi connectivity index (χ0v) is 13.8. The highest BCUT2D eigenvalue weighted by atomic mass is 35.5. The van der Waals surface area contributed by atoms with Crippen LogP contribution in [0.15, 0.2) is 18.2 Å². The van der Waals surface area contributed by atoms with Gasteiger partial charge in [0.15, 0.2) is 0 Å². The second kappa shape index (κ2) is 7.00. The van der Waals surface area contributed by atoms with Gasteiger partial charge >= 0.3 is 5.97 Å². The van der Waals surface area contributed by atoms with Crippen LogP contribution in [0.5, 0.6) is 0 Å². The number of carbonyl (C=O) groups is 3. The molecule has 0 spiro atoms. The number of hydrogen-bond acceptors (Lipinski definition) is 3. The number of benzene rings is 1. The van der Waals surface area contributed by atoms with E-state index in [1.807, 2.05) is 13.8 Å². The maximum atomic E-state index is 12.3. The standard InChI is InChI=1S/C16H19ClN2O4/c1-3-19(4-2)15(21)10-6-5-9(7-13(10)17)18-14(20)11-8-12(11)16(22)23/h5-7,11-12H,3-4,8H2,1-2H3,(H,18,20)(H,22,23). The van der Waals surface area contributed by atoms with Gasteiger partial charge in [-0.2, -0.15) is 0 Å². The molecule has 2 atom stereocenters. The van der Waals surface area contributed by atoms with Crippen molar-refractivity contribution in [3.63, 3.8) is 0 Å². The number of nitrogens with one attached hydrogen (secondary N) is 1. The van der Waals surface area contributed by atoms with Gasteiger partial charge in [-0.25, -0.2) is 0 Å². The number of carboxylic acid groups (broad SMARTS) is 1. The van der Waals surface area contributed by atoms with Gasteiger partial charge in [0.2, 0.25) is 5.91 Å². The summed E-state index contributed by atoms with van der Waals surface area (Å²) in [5, 5.41) is 11.7. The van der Waals surface area contributed by atoms with Crippen LogP contribution in [0.25, 0.3) is 0 Å². The monoisotopic (exact) mass is 338 g/mol. The fraction of sp³-hybridized carbons (Fsp3) is 0.438. The maximum Gasteiger partial charge on any atom is 0.307 e. The van der Waals surface area contributed by atoms with Gasteiger partial charge < -0.3 is 15.3 Å². The fourth-order valence-corrected chi connectivity index (χ4v) is 2.70. The predicted molar refractivity (Wildman–Crippen MR) is 86.6 cm³/mol.